The van der Waals surface area contributed by atoms with Crippen molar-refractivity contribution < 1.29 is 9.18 Å². The Hall–Kier alpha value is -2.51. The van der Waals surface area contributed by atoms with Gasteiger partial charge in [0, 0.05) is 31.9 Å². The molecule has 0 aromatic heterocycles. The Kier molecular flexibility index (Phi) is 7.93. The lowest BCUT2D eigenvalue weighted by atomic mass is 9.94. The van der Waals surface area contributed by atoms with Gasteiger partial charge < -0.3 is 15.5 Å². The highest BCUT2D eigenvalue weighted by Gasteiger charge is 2.37. The van der Waals surface area contributed by atoms with Crippen LogP contribution in [0, 0.1) is 11.7 Å². The number of piperazine rings is 1. The van der Waals surface area contributed by atoms with Crippen LogP contribution in [0.25, 0.3) is 0 Å². The number of carbonyl (C=O) groups excluding carboxylic acids is 1. The molecular formula is C26H33FN4OS. The second kappa shape index (κ2) is 11.1. The van der Waals surface area contributed by atoms with Gasteiger partial charge in [-0.1, -0.05) is 43.2 Å². The van der Waals surface area contributed by atoms with Crippen molar-refractivity contribution in [1.82, 2.24) is 15.1 Å². The highest BCUT2D eigenvalue weighted by molar-refractivity contribution is 7.80. The molecular weight excluding hydrogens is 435 g/mol. The lowest BCUT2D eigenvalue weighted by Crippen LogP contribution is -2.58. The largest absolute Gasteiger partial charge is 0.348 e. The van der Waals surface area contributed by atoms with Gasteiger partial charge in [0.25, 0.3) is 0 Å². The fourth-order valence-corrected chi connectivity index (χ4v) is 5.31. The maximum Gasteiger partial charge on any atom is 0.238 e. The van der Waals surface area contributed by atoms with Crippen molar-refractivity contribution in [2.24, 2.45) is 5.92 Å². The summed E-state index contributed by atoms with van der Waals surface area (Å²) in [6.07, 6.45) is 4.63. The third kappa shape index (κ3) is 6.09. The first-order valence-corrected chi connectivity index (χ1v) is 12.3. The predicted molar refractivity (Wildman–Crippen MR) is 135 cm³/mol. The quantitative estimate of drug-likeness (QED) is 0.608. The minimum atomic E-state index is -0.266. The maximum atomic E-state index is 13.5. The average Bonchev–Trinajstić information content (AvgIpc) is 3.36. The number of hydrogen-bond donors (Lipinski definition) is 2. The van der Waals surface area contributed by atoms with Crippen molar-refractivity contribution in [3.05, 3.63) is 66.0 Å². The van der Waals surface area contributed by atoms with E-state index in [0.29, 0.717) is 11.0 Å². The zero-order valence-corrected chi connectivity index (χ0v) is 20.0. The third-order valence-electron chi connectivity index (χ3n) is 6.86. The molecule has 0 bridgehead atoms. The molecule has 2 atom stereocenters. The number of rotatable bonds is 6. The Labute approximate surface area is 201 Å². The molecule has 176 valence electrons. The van der Waals surface area contributed by atoms with Gasteiger partial charge in [-0.2, -0.15) is 0 Å². The summed E-state index contributed by atoms with van der Waals surface area (Å²) in [5, 5.41) is 7.12. The van der Waals surface area contributed by atoms with Gasteiger partial charge in [0.2, 0.25) is 5.91 Å². The number of benzene rings is 2. The van der Waals surface area contributed by atoms with E-state index in [9.17, 15) is 9.18 Å². The molecule has 2 aliphatic rings. The molecule has 2 aromatic carbocycles. The van der Waals surface area contributed by atoms with Gasteiger partial charge >= 0.3 is 0 Å². The smallest absolute Gasteiger partial charge is 0.238 e. The lowest BCUT2D eigenvalue weighted by Gasteiger charge is -2.41. The average molecular weight is 469 g/mol. The van der Waals surface area contributed by atoms with Crippen molar-refractivity contribution >= 4 is 28.9 Å². The normalized spacial score (nSPS) is 19.2. The summed E-state index contributed by atoms with van der Waals surface area (Å²) < 4.78 is 13.2. The van der Waals surface area contributed by atoms with E-state index >= 15 is 0 Å². The summed E-state index contributed by atoms with van der Waals surface area (Å²) in [7, 11) is 0. The molecule has 1 heterocycles. The van der Waals surface area contributed by atoms with Crippen LogP contribution in [0.1, 0.15) is 44.2 Å². The number of hydrogen-bond acceptors (Lipinski definition) is 3. The van der Waals surface area contributed by atoms with E-state index in [1.54, 1.807) is 12.1 Å². The van der Waals surface area contributed by atoms with Crippen LogP contribution in [0.15, 0.2) is 54.6 Å². The monoisotopic (exact) mass is 468 g/mol. The van der Waals surface area contributed by atoms with Crippen LogP contribution in [-0.2, 0) is 4.79 Å². The van der Waals surface area contributed by atoms with E-state index in [-0.39, 0.29) is 23.8 Å². The lowest BCUT2D eigenvalue weighted by molar-refractivity contribution is -0.129. The molecule has 2 fully saturated rings. The summed E-state index contributed by atoms with van der Waals surface area (Å²) in [5.74, 6) is 0.278. The zero-order valence-electron chi connectivity index (χ0n) is 19.2. The molecule has 33 heavy (non-hydrogen) atoms. The zero-order chi connectivity index (χ0) is 23.2. The van der Waals surface area contributed by atoms with Gasteiger partial charge in [0.15, 0.2) is 5.11 Å². The second-order valence-corrected chi connectivity index (χ2v) is 9.48. The first-order chi connectivity index (χ1) is 16.0. The summed E-state index contributed by atoms with van der Waals surface area (Å²) in [6.45, 7) is 5.16. The highest BCUT2D eigenvalue weighted by Crippen LogP contribution is 2.31. The van der Waals surface area contributed by atoms with E-state index in [2.05, 4.69) is 39.5 Å². The van der Waals surface area contributed by atoms with E-state index < -0.39 is 0 Å². The molecule has 2 unspecified atom stereocenters. The number of anilines is 1. The number of thiocarbonyl (C=S) groups is 1. The summed E-state index contributed by atoms with van der Waals surface area (Å²) >= 11 is 5.59. The SMILES string of the molecule is CC(NC(=O)C(C1CCCC1)N1CCN(C(=S)Nc2ccc(F)cc2)CC1)c1ccccc1. The molecule has 2 N–H and O–H groups in total. The van der Waals surface area contributed by atoms with Gasteiger partial charge in [0.1, 0.15) is 5.82 Å². The Balaban J connectivity index is 1.36. The number of halogens is 1. The van der Waals surface area contributed by atoms with Crippen LogP contribution in [0.3, 0.4) is 0 Å². The molecule has 5 nitrogen and oxygen atoms in total. The number of amides is 1. The summed E-state index contributed by atoms with van der Waals surface area (Å²) in [4.78, 5) is 17.9. The standard InChI is InChI=1S/C26H33FN4OS/c1-19(20-7-3-2-4-8-20)28-25(32)24(21-9-5-6-10-21)30-15-17-31(18-16-30)26(33)29-23-13-11-22(27)12-14-23/h2-4,7-8,11-14,19,21,24H,5-6,9-10,15-18H2,1H3,(H,28,32)(H,29,33). The van der Waals surface area contributed by atoms with Crippen molar-refractivity contribution in [2.75, 3.05) is 31.5 Å². The summed E-state index contributed by atoms with van der Waals surface area (Å²) in [5.41, 5.74) is 1.90. The molecule has 1 saturated heterocycles. The molecule has 1 aliphatic carbocycles. The molecule has 1 saturated carbocycles. The topological polar surface area (TPSA) is 47.6 Å². The predicted octanol–water partition coefficient (Wildman–Crippen LogP) is 4.58. The van der Waals surface area contributed by atoms with Gasteiger partial charge in [0.05, 0.1) is 12.1 Å². The molecule has 2 aromatic rings. The van der Waals surface area contributed by atoms with Crippen molar-refractivity contribution in [2.45, 2.75) is 44.7 Å². The van der Waals surface area contributed by atoms with Gasteiger partial charge in [-0.05, 0) is 67.7 Å². The van der Waals surface area contributed by atoms with Crippen molar-refractivity contribution in [1.29, 1.82) is 0 Å². The fraction of sp³-hybridized carbons (Fsp3) is 0.462. The van der Waals surface area contributed by atoms with Crippen LogP contribution < -0.4 is 10.6 Å². The Morgan fingerprint density at radius 3 is 2.27 bits per heavy atom. The second-order valence-electron chi connectivity index (χ2n) is 9.09. The molecule has 4 rings (SSSR count). The Morgan fingerprint density at radius 1 is 1.00 bits per heavy atom. The first-order valence-electron chi connectivity index (χ1n) is 11.9. The minimum Gasteiger partial charge on any atom is -0.348 e. The third-order valence-corrected chi connectivity index (χ3v) is 7.22. The molecule has 0 radical (unpaired) electrons. The van der Waals surface area contributed by atoms with Gasteiger partial charge in [-0.3, -0.25) is 9.69 Å². The maximum absolute atomic E-state index is 13.5. The first kappa shape index (κ1) is 23.6. The van der Waals surface area contributed by atoms with E-state index in [1.165, 1.54) is 25.0 Å². The van der Waals surface area contributed by atoms with E-state index in [1.807, 2.05) is 18.2 Å². The molecule has 1 amide bonds. The number of nitrogens with one attached hydrogen (secondary N) is 2. The van der Waals surface area contributed by atoms with Gasteiger partial charge in [-0.25, -0.2) is 4.39 Å². The van der Waals surface area contributed by atoms with Crippen LogP contribution in [0.5, 0.6) is 0 Å². The number of nitrogens with zero attached hydrogens (tertiary/aromatic N) is 2. The highest BCUT2D eigenvalue weighted by atomic mass is 32.1. The minimum absolute atomic E-state index is 0.0172. The summed E-state index contributed by atoms with van der Waals surface area (Å²) in [6, 6.07) is 16.2. The molecule has 7 heteroatoms. The van der Waals surface area contributed by atoms with Crippen LogP contribution in [0.2, 0.25) is 0 Å². The van der Waals surface area contributed by atoms with Crippen molar-refractivity contribution in [3.8, 4) is 0 Å². The van der Waals surface area contributed by atoms with Crippen LogP contribution in [0.4, 0.5) is 10.1 Å². The van der Waals surface area contributed by atoms with E-state index in [0.717, 1.165) is 50.3 Å². The van der Waals surface area contributed by atoms with Crippen LogP contribution >= 0.6 is 12.2 Å². The Bertz CT molecular complexity index is 925. The Morgan fingerprint density at radius 2 is 1.64 bits per heavy atom. The van der Waals surface area contributed by atoms with Crippen LogP contribution in [-0.4, -0.2) is 53.0 Å². The molecule has 1 aliphatic heterocycles. The number of carbonyl (C=O) groups is 1. The van der Waals surface area contributed by atoms with E-state index in [4.69, 9.17) is 12.2 Å². The fourth-order valence-electron chi connectivity index (χ4n) is 5.01. The van der Waals surface area contributed by atoms with Gasteiger partial charge in [-0.15, -0.1) is 0 Å². The molecule has 0 spiro atoms. The van der Waals surface area contributed by atoms with Crippen molar-refractivity contribution in [3.63, 3.8) is 0 Å².